The second-order valence-electron chi connectivity index (χ2n) is 3.84. The predicted octanol–water partition coefficient (Wildman–Crippen LogP) is 2.01. The molecule has 0 aliphatic rings. The topological polar surface area (TPSA) is 81.2 Å². The number of nitrogens with two attached hydrogens (primary N) is 1. The lowest BCUT2D eigenvalue weighted by Gasteiger charge is -2.08. The minimum Gasteiger partial charge on any atom is -0.389 e. The van der Waals surface area contributed by atoms with Gasteiger partial charge in [0, 0.05) is 11.6 Å². The number of amides is 1. The van der Waals surface area contributed by atoms with E-state index in [4.69, 9.17) is 22.5 Å². The van der Waals surface area contributed by atoms with Gasteiger partial charge in [0.1, 0.15) is 10.8 Å². The Morgan fingerprint density at radius 3 is 2.79 bits per heavy atom. The van der Waals surface area contributed by atoms with Gasteiger partial charge in [-0.2, -0.15) is 0 Å². The Kier molecular flexibility index (Phi) is 3.57. The van der Waals surface area contributed by atoms with Crippen molar-refractivity contribution < 1.29 is 13.7 Å². The Balaban J connectivity index is 2.28. The zero-order valence-corrected chi connectivity index (χ0v) is 10.8. The van der Waals surface area contributed by atoms with E-state index in [1.165, 1.54) is 18.2 Å². The van der Waals surface area contributed by atoms with Crippen LogP contribution in [-0.4, -0.2) is 16.1 Å². The molecule has 1 aromatic heterocycles. The number of hydrogen-bond acceptors (Lipinski definition) is 4. The summed E-state index contributed by atoms with van der Waals surface area (Å²) in [5.74, 6) is -0.947. The maximum atomic E-state index is 13.1. The standard InChI is InChI=1S/C12H10FN3O2S/c1-6-4-10(18-16-6)12(17)15-9-3-2-7(13)5-8(9)11(14)19/h2-5H,1H3,(H2,14,19)(H,15,17). The number of carbonyl (C=O) groups excluding carboxylic acids is 1. The van der Waals surface area contributed by atoms with Crippen LogP contribution >= 0.6 is 12.2 Å². The summed E-state index contributed by atoms with van der Waals surface area (Å²) in [5, 5.41) is 6.15. The zero-order valence-electron chi connectivity index (χ0n) is 9.94. The van der Waals surface area contributed by atoms with Crippen molar-refractivity contribution in [3.63, 3.8) is 0 Å². The number of nitrogens with zero attached hydrogens (tertiary/aromatic N) is 1. The lowest BCUT2D eigenvalue weighted by Crippen LogP contribution is -2.17. The van der Waals surface area contributed by atoms with E-state index in [9.17, 15) is 9.18 Å². The van der Waals surface area contributed by atoms with Gasteiger partial charge in [0.25, 0.3) is 5.91 Å². The summed E-state index contributed by atoms with van der Waals surface area (Å²) in [7, 11) is 0. The van der Waals surface area contributed by atoms with Gasteiger partial charge in [0.15, 0.2) is 0 Å². The van der Waals surface area contributed by atoms with E-state index in [0.29, 0.717) is 11.4 Å². The van der Waals surface area contributed by atoms with Crippen LogP contribution in [0.4, 0.5) is 10.1 Å². The number of halogens is 1. The normalized spacial score (nSPS) is 10.2. The molecule has 0 saturated heterocycles. The first-order chi connectivity index (χ1) is 8.97. The number of thiocarbonyl (C=S) groups is 1. The van der Waals surface area contributed by atoms with Gasteiger partial charge in [0.2, 0.25) is 5.76 Å². The Hall–Kier alpha value is -2.28. The van der Waals surface area contributed by atoms with E-state index >= 15 is 0 Å². The largest absolute Gasteiger partial charge is 0.389 e. The van der Waals surface area contributed by atoms with Gasteiger partial charge in [-0.15, -0.1) is 0 Å². The molecule has 0 atom stereocenters. The summed E-state index contributed by atoms with van der Waals surface area (Å²) in [6.45, 7) is 1.69. The predicted molar refractivity (Wildman–Crippen MR) is 71.5 cm³/mol. The van der Waals surface area contributed by atoms with Gasteiger partial charge in [-0.25, -0.2) is 4.39 Å². The van der Waals surface area contributed by atoms with E-state index in [1.54, 1.807) is 6.92 Å². The van der Waals surface area contributed by atoms with E-state index in [2.05, 4.69) is 10.5 Å². The average molecular weight is 279 g/mol. The molecule has 5 nitrogen and oxygen atoms in total. The van der Waals surface area contributed by atoms with E-state index in [0.717, 1.165) is 6.07 Å². The van der Waals surface area contributed by atoms with Gasteiger partial charge < -0.3 is 15.6 Å². The highest BCUT2D eigenvalue weighted by atomic mass is 32.1. The number of rotatable bonds is 3. The van der Waals surface area contributed by atoms with Crippen LogP contribution in [0.2, 0.25) is 0 Å². The zero-order chi connectivity index (χ0) is 14.0. The van der Waals surface area contributed by atoms with Crippen LogP contribution in [0.25, 0.3) is 0 Å². The van der Waals surface area contributed by atoms with Crippen molar-refractivity contribution in [2.24, 2.45) is 5.73 Å². The molecule has 0 aliphatic carbocycles. The molecule has 3 N–H and O–H groups in total. The molecule has 2 rings (SSSR count). The molecule has 0 radical (unpaired) electrons. The molecule has 0 aliphatic heterocycles. The number of aryl methyl sites for hydroxylation is 1. The lowest BCUT2D eigenvalue weighted by molar-refractivity contribution is 0.0988. The van der Waals surface area contributed by atoms with Gasteiger partial charge in [-0.3, -0.25) is 4.79 Å². The molecule has 19 heavy (non-hydrogen) atoms. The number of carbonyl (C=O) groups is 1. The molecule has 7 heteroatoms. The molecule has 0 fully saturated rings. The molecule has 1 aromatic carbocycles. The maximum Gasteiger partial charge on any atom is 0.294 e. The molecule has 1 amide bonds. The van der Waals surface area contributed by atoms with Crippen molar-refractivity contribution in [2.75, 3.05) is 5.32 Å². The maximum absolute atomic E-state index is 13.1. The molecule has 0 saturated carbocycles. The second kappa shape index (κ2) is 5.15. The fraction of sp³-hybridized carbons (Fsp3) is 0.0833. The van der Waals surface area contributed by atoms with Crippen LogP contribution in [0.3, 0.4) is 0 Å². The van der Waals surface area contributed by atoms with Crippen LogP contribution in [0, 0.1) is 12.7 Å². The molecule has 2 aromatic rings. The Morgan fingerprint density at radius 1 is 1.47 bits per heavy atom. The highest BCUT2D eigenvalue weighted by molar-refractivity contribution is 7.80. The number of nitrogens with one attached hydrogen (secondary N) is 1. The van der Waals surface area contributed by atoms with Crippen LogP contribution in [0.5, 0.6) is 0 Å². The Morgan fingerprint density at radius 2 is 2.21 bits per heavy atom. The summed E-state index contributed by atoms with van der Waals surface area (Å²) in [4.78, 5) is 11.9. The van der Waals surface area contributed by atoms with E-state index in [-0.39, 0.29) is 16.3 Å². The summed E-state index contributed by atoms with van der Waals surface area (Å²) >= 11 is 4.81. The first-order valence-electron chi connectivity index (χ1n) is 5.31. The Bertz CT molecular complexity index is 654. The monoisotopic (exact) mass is 279 g/mol. The van der Waals surface area contributed by atoms with Crippen LogP contribution in [0.15, 0.2) is 28.8 Å². The fourth-order valence-electron chi connectivity index (χ4n) is 1.48. The number of aromatic nitrogens is 1. The fourth-order valence-corrected chi connectivity index (χ4v) is 1.65. The number of benzene rings is 1. The Labute approximate surface area is 113 Å². The summed E-state index contributed by atoms with van der Waals surface area (Å²) in [5.41, 5.74) is 6.62. The molecule has 0 spiro atoms. The van der Waals surface area contributed by atoms with Crippen LogP contribution in [-0.2, 0) is 0 Å². The SMILES string of the molecule is Cc1cc(C(=O)Nc2ccc(F)cc2C(N)=S)on1. The highest BCUT2D eigenvalue weighted by Gasteiger charge is 2.15. The minimum atomic E-state index is -0.510. The van der Waals surface area contributed by atoms with Crippen molar-refractivity contribution in [3.8, 4) is 0 Å². The van der Waals surface area contributed by atoms with Gasteiger partial charge in [0.05, 0.1) is 11.4 Å². The smallest absolute Gasteiger partial charge is 0.294 e. The van der Waals surface area contributed by atoms with Crippen LogP contribution in [0.1, 0.15) is 21.8 Å². The minimum absolute atomic E-state index is 0.0106. The third kappa shape index (κ3) is 2.94. The van der Waals surface area contributed by atoms with Crippen molar-refractivity contribution in [2.45, 2.75) is 6.92 Å². The summed E-state index contributed by atoms with van der Waals surface area (Å²) < 4.78 is 17.9. The molecule has 0 unspecified atom stereocenters. The third-order valence-electron chi connectivity index (χ3n) is 2.35. The van der Waals surface area contributed by atoms with Gasteiger partial charge in [-0.05, 0) is 25.1 Å². The molecular weight excluding hydrogens is 269 g/mol. The molecule has 1 heterocycles. The number of hydrogen-bond donors (Lipinski definition) is 2. The number of anilines is 1. The average Bonchev–Trinajstić information content (AvgIpc) is 2.78. The molecular formula is C12H10FN3O2S. The van der Waals surface area contributed by atoms with Crippen molar-refractivity contribution in [1.29, 1.82) is 0 Å². The first-order valence-corrected chi connectivity index (χ1v) is 5.72. The van der Waals surface area contributed by atoms with Gasteiger partial charge >= 0.3 is 0 Å². The second-order valence-corrected chi connectivity index (χ2v) is 4.28. The van der Waals surface area contributed by atoms with Crippen molar-refractivity contribution in [1.82, 2.24) is 5.16 Å². The third-order valence-corrected chi connectivity index (χ3v) is 2.57. The first kappa shape index (κ1) is 13.2. The van der Waals surface area contributed by atoms with E-state index in [1.807, 2.05) is 0 Å². The molecule has 0 bridgehead atoms. The van der Waals surface area contributed by atoms with E-state index < -0.39 is 11.7 Å². The molecule has 98 valence electrons. The van der Waals surface area contributed by atoms with Crippen LogP contribution < -0.4 is 11.1 Å². The summed E-state index contributed by atoms with van der Waals surface area (Å²) in [6, 6.07) is 5.22. The van der Waals surface area contributed by atoms with Crippen molar-refractivity contribution in [3.05, 3.63) is 47.1 Å². The lowest BCUT2D eigenvalue weighted by atomic mass is 10.1. The quantitative estimate of drug-likeness (QED) is 0.840. The summed E-state index contributed by atoms with van der Waals surface area (Å²) in [6.07, 6.45) is 0. The van der Waals surface area contributed by atoms with Gasteiger partial charge in [-0.1, -0.05) is 17.4 Å². The highest BCUT2D eigenvalue weighted by Crippen LogP contribution is 2.18. The van der Waals surface area contributed by atoms with Crippen molar-refractivity contribution >= 4 is 28.8 Å².